The third-order valence-electron chi connectivity index (χ3n) is 3.57. The molecule has 0 saturated heterocycles. The number of ether oxygens (including phenoxy) is 1. The third-order valence-corrected chi connectivity index (χ3v) is 5.25. The van der Waals surface area contributed by atoms with E-state index in [1.165, 1.54) is 42.5 Å². The molecule has 158 valence electrons. The molecule has 0 radical (unpaired) electrons. The predicted molar refractivity (Wildman–Crippen MR) is 101 cm³/mol. The van der Waals surface area contributed by atoms with Crippen molar-refractivity contribution >= 4 is 15.9 Å². The SMILES string of the molecule is CC(C)NS(=O)(=O)c1ccc(C(=O)NCc2cccc(OCC(F)(F)F)c2)cc1. The number of alkyl halides is 3. The molecule has 0 spiro atoms. The molecule has 10 heteroatoms. The zero-order chi connectivity index (χ0) is 21.7. The lowest BCUT2D eigenvalue weighted by Gasteiger charge is -2.11. The zero-order valence-electron chi connectivity index (χ0n) is 15.8. The molecule has 0 aliphatic heterocycles. The molecule has 2 N–H and O–H groups in total. The standard InChI is InChI=1S/C19H21F3N2O4S/c1-13(2)24-29(26,27)17-8-6-15(7-9-17)18(25)23-11-14-4-3-5-16(10-14)28-12-19(20,21)22/h3-10,13,24H,11-12H2,1-2H3,(H,23,25). The van der Waals surface area contributed by atoms with Crippen LogP contribution in [0.15, 0.2) is 53.4 Å². The van der Waals surface area contributed by atoms with E-state index in [0.717, 1.165) is 0 Å². The molecule has 0 aliphatic rings. The number of sulfonamides is 1. The molecule has 0 aliphatic carbocycles. The smallest absolute Gasteiger partial charge is 0.422 e. The minimum atomic E-state index is -4.44. The van der Waals surface area contributed by atoms with E-state index in [2.05, 4.69) is 14.8 Å². The van der Waals surface area contributed by atoms with Crippen LogP contribution in [-0.4, -0.2) is 33.1 Å². The van der Waals surface area contributed by atoms with E-state index in [4.69, 9.17) is 0 Å². The Labute approximate surface area is 167 Å². The molecule has 29 heavy (non-hydrogen) atoms. The Balaban J connectivity index is 1.97. The van der Waals surface area contributed by atoms with Crippen LogP contribution in [0.4, 0.5) is 13.2 Å². The molecule has 0 aromatic heterocycles. The molecule has 2 aromatic rings. The highest BCUT2D eigenvalue weighted by Crippen LogP contribution is 2.19. The molecule has 2 aromatic carbocycles. The molecule has 0 unspecified atom stereocenters. The first kappa shape index (κ1) is 22.7. The maximum atomic E-state index is 12.2. The van der Waals surface area contributed by atoms with Crippen molar-refractivity contribution in [2.75, 3.05) is 6.61 Å². The van der Waals surface area contributed by atoms with Gasteiger partial charge < -0.3 is 10.1 Å². The van der Waals surface area contributed by atoms with Crippen LogP contribution in [0.3, 0.4) is 0 Å². The number of carbonyl (C=O) groups is 1. The summed E-state index contributed by atoms with van der Waals surface area (Å²) in [6.07, 6.45) is -4.44. The highest BCUT2D eigenvalue weighted by atomic mass is 32.2. The van der Waals surface area contributed by atoms with Crippen molar-refractivity contribution in [3.8, 4) is 5.75 Å². The van der Waals surface area contributed by atoms with Crippen LogP contribution >= 0.6 is 0 Å². The summed E-state index contributed by atoms with van der Waals surface area (Å²) in [4.78, 5) is 12.3. The van der Waals surface area contributed by atoms with Crippen molar-refractivity contribution in [3.05, 3.63) is 59.7 Å². The Morgan fingerprint density at radius 2 is 1.76 bits per heavy atom. The number of hydrogen-bond donors (Lipinski definition) is 2. The second kappa shape index (κ2) is 9.27. The van der Waals surface area contributed by atoms with Crippen LogP contribution in [0, 0.1) is 0 Å². The number of nitrogens with one attached hydrogen (secondary N) is 2. The maximum Gasteiger partial charge on any atom is 0.422 e. The molecule has 0 atom stereocenters. The van der Waals surface area contributed by atoms with Gasteiger partial charge in [-0.2, -0.15) is 13.2 Å². The van der Waals surface area contributed by atoms with Crippen molar-refractivity contribution < 1.29 is 31.1 Å². The first-order valence-corrected chi connectivity index (χ1v) is 10.1. The zero-order valence-corrected chi connectivity index (χ0v) is 16.6. The van der Waals surface area contributed by atoms with Crippen LogP contribution in [0.2, 0.25) is 0 Å². The van der Waals surface area contributed by atoms with Gasteiger partial charge in [0.1, 0.15) is 5.75 Å². The van der Waals surface area contributed by atoms with Gasteiger partial charge in [-0.25, -0.2) is 13.1 Å². The normalized spacial score (nSPS) is 12.1. The second-order valence-electron chi connectivity index (χ2n) is 6.53. The van der Waals surface area contributed by atoms with E-state index in [1.807, 2.05) is 0 Å². The fourth-order valence-corrected chi connectivity index (χ4v) is 3.61. The highest BCUT2D eigenvalue weighted by Gasteiger charge is 2.28. The van der Waals surface area contributed by atoms with Gasteiger partial charge in [0, 0.05) is 18.2 Å². The first-order chi connectivity index (χ1) is 13.5. The average molecular weight is 430 g/mol. The molecule has 0 heterocycles. The molecule has 0 saturated carbocycles. The van der Waals surface area contributed by atoms with Gasteiger partial charge in [0.25, 0.3) is 5.91 Å². The van der Waals surface area contributed by atoms with Gasteiger partial charge in [-0.05, 0) is 55.8 Å². The van der Waals surface area contributed by atoms with Crippen LogP contribution in [0.25, 0.3) is 0 Å². The molecule has 1 amide bonds. The van der Waals surface area contributed by atoms with Crippen LogP contribution in [0.5, 0.6) is 5.75 Å². The van der Waals surface area contributed by atoms with Crippen molar-refractivity contribution in [3.63, 3.8) is 0 Å². The van der Waals surface area contributed by atoms with E-state index in [-0.39, 0.29) is 28.8 Å². The number of rotatable bonds is 8. The quantitative estimate of drug-likeness (QED) is 0.674. The summed E-state index contributed by atoms with van der Waals surface area (Å²) in [6, 6.07) is 11.1. The third kappa shape index (κ3) is 7.39. The fraction of sp³-hybridized carbons (Fsp3) is 0.316. The van der Waals surface area contributed by atoms with Crippen LogP contribution in [0.1, 0.15) is 29.8 Å². The minimum absolute atomic E-state index is 0.0391. The number of amides is 1. The first-order valence-electron chi connectivity index (χ1n) is 8.65. The monoisotopic (exact) mass is 430 g/mol. The second-order valence-corrected chi connectivity index (χ2v) is 8.25. The fourth-order valence-electron chi connectivity index (χ4n) is 2.36. The van der Waals surface area contributed by atoms with Crippen molar-refractivity contribution in [1.82, 2.24) is 10.0 Å². The predicted octanol–water partition coefficient (Wildman–Crippen LogP) is 3.24. The number of halogens is 3. The molecule has 2 rings (SSSR count). The molecule has 6 nitrogen and oxygen atoms in total. The van der Waals surface area contributed by atoms with Crippen molar-refractivity contribution in [2.45, 2.75) is 37.5 Å². The highest BCUT2D eigenvalue weighted by molar-refractivity contribution is 7.89. The summed E-state index contributed by atoms with van der Waals surface area (Å²) in [7, 11) is -3.65. The van der Waals surface area contributed by atoms with E-state index in [1.54, 1.807) is 19.9 Å². The summed E-state index contributed by atoms with van der Waals surface area (Å²) >= 11 is 0. The minimum Gasteiger partial charge on any atom is -0.484 e. The molecular formula is C19H21F3N2O4S. The summed E-state index contributed by atoms with van der Waals surface area (Å²) < 4.78 is 68.0. The summed E-state index contributed by atoms with van der Waals surface area (Å²) in [6.45, 7) is 2.06. The summed E-state index contributed by atoms with van der Waals surface area (Å²) in [5, 5.41) is 2.62. The molecule has 0 bridgehead atoms. The largest absolute Gasteiger partial charge is 0.484 e. The lowest BCUT2D eigenvalue weighted by atomic mass is 10.2. The molecular weight excluding hydrogens is 409 g/mol. The van der Waals surface area contributed by atoms with Crippen molar-refractivity contribution in [2.24, 2.45) is 0 Å². The Morgan fingerprint density at radius 1 is 1.10 bits per heavy atom. The lowest BCUT2D eigenvalue weighted by molar-refractivity contribution is -0.153. The molecule has 0 fully saturated rings. The van der Waals surface area contributed by atoms with Gasteiger partial charge in [0.15, 0.2) is 6.61 Å². The number of hydrogen-bond acceptors (Lipinski definition) is 4. The van der Waals surface area contributed by atoms with E-state index >= 15 is 0 Å². The van der Waals surface area contributed by atoms with Crippen molar-refractivity contribution in [1.29, 1.82) is 0 Å². The Kier molecular flexibility index (Phi) is 7.26. The van der Waals surface area contributed by atoms with Gasteiger partial charge in [-0.3, -0.25) is 4.79 Å². The van der Waals surface area contributed by atoms with E-state index in [9.17, 15) is 26.4 Å². The Morgan fingerprint density at radius 3 is 2.34 bits per heavy atom. The topological polar surface area (TPSA) is 84.5 Å². The van der Waals surface area contributed by atoms with Gasteiger partial charge >= 0.3 is 6.18 Å². The van der Waals surface area contributed by atoms with Gasteiger partial charge in [-0.1, -0.05) is 12.1 Å². The number of benzene rings is 2. The maximum absolute atomic E-state index is 12.2. The van der Waals surface area contributed by atoms with Gasteiger partial charge in [0.2, 0.25) is 10.0 Å². The number of carbonyl (C=O) groups excluding carboxylic acids is 1. The average Bonchev–Trinajstić information content (AvgIpc) is 2.63. The Hall–Kier alpha value is -2.59. The van der Waals surface area contributed by atoms with Gasteiger partial charge in [0.05, 0.1) is 4.90 Å². The van der Waals surface area contributed by atoms with E-state index in [0.29, 0.717) is 5.56 Å². The van der Waals surface area contributed by atoms with Gasteiger partial charge in [-0.15, -0.1) is 0 Å². The summed E-state index contributed by atoms with van der Waals surface area (Å²) in [5.41, 5.74) is 0.802. The summed E-state index contributed by atoms with van der Waals surface area (Å²) in [5.74, 6) is -0.409. The van der Waals surface area contributed by atoms with E-state index < -0.39 is 28.7 Å². The Bertz CT molecular complexity index is 943. The lowest BCUT2D eigenvalue weighted by Crippen LogP contribution is -2.30. The van der Waals surface area contributed by atoms with Crippen LogP contribution in [-0.2, 0) is 16.6 Å². The van der Waals surface area contributed by atoms with Crippen LogP contribution < -0.4 is 14.8 Å².